The predicted octanol–water partition coefficient (Wildman–Crippen LogP) is 4.05. The topological polar surface area (TPSA) is 26.3 Å². The molecule has 0 fully saturated rings. The minimum absolute atomic E-state index is 0.0858. The van der Waals surface area contributed by atoms with Crippen LogP contribution in [0.3, 0.4) is 0 Å². The highest BCUT2D eigenvalue weighted by molar-refractivity contribution is 5.71. The zero-order valence-corrected chi connectivity index (χ0v) is 11.3. The molecule has 19 heavy (non-hydrogen) atoms. The van der Waals surface area contributed by atoms with Crippen LogP contribution in [0, 0.1) is 5.92 Å². The van der Waals surface area contributed by atoms with Crippen molar-refractivity contribution in [2.45, 2.75) is 20.5 Å². The summed E-state index contributed by atoms with van der Waals surface area (Å²) in [5.74, 6) is -0.248. The van der Waals surface area contributed by atoms with Crippen molar-refractivity contribution >= 4 is 5.97 Å². The number of carbonyl (C=O) groups excluding carboxylic acids is 1. The molecule has 0 radical (unpaired) electrons. The van der Waals surface area contributed by atoms with Crippen molar-refractivity contribution < 1.29 is 9.53 Å². The molecule has 0 saturated carbocycles. The van der Waals surface area contributed by atoms with E-state index >= 15 is 0 Å². The molecule has 0 aliphatic rings. The maximum absolute atomic E-state index is 11.4. The fraction of sp³-hybridized carbons (Fsp3) is 0.235. The van der Waals surface area contributed by atoms with E-state index in [0.717, 1.165) is 11.1 Å². The molecule has 2 nitrogen and oxygen atoms in total. The predicted molar refractivity (Wildman–Crippen MR) is 76.5 cm³/mol. The second-order valence-corrected chi connectivity index (χ2v) is 4.83. The van der Waals surface area contributed by atoms with Gasteiger partial charge in [0.1, 0.15) is 6.61 Å². The molecule has 0 unspecified atom stereocenters. The van der Waals surface area contributed by atoms with Crippen LogP contribution in [-0.4, -0.2) is 5.97 Å². The van der Waals surface area contributed by atoms with Gasteiger partial charge in [-0.15, -0.1) is 0 Å². The molecular formula is C17H18O2. The molecule has 0 amide bonds. The van der Waals surface area contributed by atoms with E-state index < -0.39 is 0 Å². The lowest BCUT2D eigenvalue weighted by Crippen LogP contribution is -2.11. The highest BCUT2D eigenvalue weighted by Gasteiger charge is 2.08. The second kappa shape index (κ2) is 6.19. The van der Waals surface area contributed by atoms with Gasteiger partial charge >= 0.3 is 5.97 Å². The summed E-state index contributed by atoms with van der Waals surface area (Å²) in [6.45, 7) is 4.00. The summed E-state index contributed by atoms with van der Waals surface area (Å²) in [7, 11) is 0. The van der Waals surface area contributed by atoms with Gasteiger partial charge in [-0.05, 0) is 22.8 Å². The lowest BCUT2D eigenvalue weighted by Gasteiger charge is -2.08. The van der Waals surface area contributed by atoms with Crippen molar-refractivity contribution in [3.63, 3.8) is 0 Å². The van der Waals surface area contributed by atoms with Crippen LogP contribution in [0.2, 0.25) is 0 Å². The van der Waals surface area contributed by atoms with E-state index in [9.17, 15) is 4.79 Å². The molecule has 0 N–H and O–H groups in total. The summed E-state index contributed by atoms with van der Waals surface area (Å²) < 4.78 is 5.24. The van der Waals surface area contributed by atoms with Crippen LogP contribution in [0.15, 0.2) is 54.6 Å². The highest BCUT2D eigenvalue weighted by atomic mass is 16.5. The standard InChI is InChI=1S/C17H18O2/c1-13(2)17(18)19-12-14-7-6-10-16(11-14)15-8-4-3-5-9-15/h3-11,13H,12H2,1-2H3. The second-order valence-electron chi connectivity index (χ2n) is 4.83. The van der Waals surface area contributed by atoms with Gasteiger partial charge in [-0.25, -0.2) is 0 Å². The molecule has 2 rings (SSSR count). The number of rotatable bonds is 4. The Morgan fingerprint density at radius 1 is 1.00 bits per heavy atom. The quantitative estimate of drug-likeness (QED) is 0.769. The molecule has 2 aromatic rings. The molecule has 2 heteroatoms. The fourth-order valence-electron chi connectivity index (χ4n) is 1.79. The van der Waals surface area contributed by atoms with Crippen LogP contribution in [0.5, 0.6) is 0 Å². The van der Waals surface area contributed by atoms with Crippen LogP contribution in [0.25, 0.3) is 11.1 Å². The van der Waals surface area contributed by atoms with E-state index in [0.29, 0.717) is 6.61 Å². The Morgan fingerprint density at radius 3 is 2.37 bits per heavy atom. The van der Waals surface area contributed by atoms with Crippen molar-refractivity contribution in [3.8, 4) is 11.1 Å². The van der Waals surface area contributed by atoms with Crippen molar-refractivity contribution in [1.29, 1.82) is 0 Å². The van der Waals surface area contributed by atoms with Gasteiger partial charge in [0.15, 0.2) is 0 Å². The van der Waals surface area contributed by atoms with E-state index in [-0.39, 0.29) is 11.9 Å². The normalized spacial score (nSPS) is 10.5. The van der Waals surface area contributed by atoms with E-state index in [2.05, 4.69) is 24.3 Å². The van der Waals surface area contributed by atoms with Gasteiger partial charge in [-0.2, -0.15) is 0 Å². The maximum Gasteiger partial charge on any atom is 0.308 e. The third kappa shape index (κ3) is 3.68. The fourth-order valence-corrected chi connectivity index (χ4v) is 1.79. The number of esters is 1. The molecule has 0 atom stereocenters. The smallest absolute Gasteiger partial charge is 0.308 e. The number of ether oxygens (including phenoxy) is 1. The molecule has 0 saturated heterocycles. The first-order chi connectivity index (χ1) is 9.16. The molecule has 0 bridgehead atoms. The minimum atomic E-state index is -0.162. The Labute approximate surface area is 114 Å². The van der Waals surface area contributed by atoms with E-state index in [4.69, 9.17) is 4.74 Å². The van der Waals surface area contributed by atoms with Gasteiger partial charge in [-0.1, -0.05) is 62.4 Å². The van der Waals surface area contributed by atoms with Crippen LogP contribution in [0.4, 0.5) is 0 Å². The summed E-state index contributed by atoms with van der Waals surface area (Å²) in [5, 5.41) is 0. The lowest BCUT2D eigenvalue weighted by atomic mass is 10.0. The summed E-state index contributed by atoms with van der Waals surface area (Å²) in [6.07, 6.45) is 0. The van der Waals surface area contributed by atoms with Crippen molar-refractivity contribution in [3.05, 3.63) is 60.2 Å². The molecule has 2 aromatic carbocycles. The largest absolute Gasteiger partial charge is 0.461 e. The highest BCUT2D eigenvalue weighted by Crippen LogP contribution is 2.20. The Kier molecular flexibility index (Phi) is 4.35. The van der Waals surface area contributed by atoms with Gasteiger partial charge in [-0.3, -0.25) is 4.79 Å². The van der Waals surface area contributed by atoms with Gasteiger partial charge in [0.2, 0.25) is 0 Å². The lowest BCUT2D eigenvalue weighted by molar-refractivity contribution is -0.148. The monoisotopic (exact) mass is 254 g/mol. The summed E-state index contributed by atoms with van der Waals surface area (Å²) in [6, 6.07) is 18.2. The minimum Gasteiger partial charge on any atom is -0.461 e. The zero-order chi connectivity index (χ0) is 13.7. The molecule has 98 valence electrons. The first-order valence-electron chi connectivity index (χ1n) is 6.48. The SMILES string of the molecule is CC(C)C(=O)OCc1cccc(-c2ccccc2)c1. The number of carbonyl (C=O) groups is 1. The number of hydrogen-bond donors (Lipinski definition) is 0. The molecule has 0 aliphatic carbocycles. The maximum atomic E-state index is 11.4. The summed E-state index contributed by atoms with van der Waals surface area (Å²) in [4.78, 5) is 11.4. The van der Waals surface area contributed by atoms with Crippen molar-refractivity contribution in [2.24, 2.45) is 5.92 Å². The average Bonchev–Trinajstić information content (AvgIpc) is 2.46. The molecular weight excluding hydrogens is 236 g/mol. The van der Waals surface area contributed by atoms with Crippen LogP contribution in [0.1, 0.15) is 19.4 Å². The average molecular weight is 254 g/mol. The zero-order valence-electron chi connectivity index (χ0n) is 11.3. The summed E-state index contributed by atoms with van der Waals surface area (Å²) >= 11 is 0. The molecule has 0 heterocycles. The first-order valence-corrected chi connectivity index (χ1v) is 6.48. The van der Waals surface area contributed by atoms with Crippen LogP contribution < -0.4 is 0 Å². The summed E-state index contributed by atoms with van der Waals surface area (Å²) in [5.41, 5.74) is 3.31. The van der Waals surface area contributed by atoms with E-state index in [1.54, 1.807) is 0 Å². The molecule has 0 aliphatic heterocycles. The number of hydrogen-bond acceptors (Lipinski definition) is 2. The van der Waals surface area contributed by atoms with E-state index in [1.165, 1.54) is 5.56 Å². The van der Waals surface area contributed by atoms with Gasteiger partial charge in [0.25, 0.3) is 0 Å². The van der Waals surface area contributed by atoms with Gasteiger partial charge in [0.05, 0.1) is 5.92 Å². The Bertz CT molecular complexity index is 544. The van der Waals surface area contributed by atoms with Gasteiger partial charge < -0.3 is 4.74 Å². The third-order valence-electron chi connectivity index (χ3n) is 2.89. The Morgan fingerprint density at radius 2 is 1.68 bits per heavy atom. The van der Waals surface area contributed by atoms with Crippen LogP contribution >= 0.6 is 0 Å². The van der Waals surface area contributed by atoms with Crippen LogP contribution in [-0.2, 0) is 16.1 Å². The molecule has 0 aromatic heterocycles. The van der Waals surface area contributed by atoms with Crippen molar-refractivity contribution in [2.75, 3.05) is 0 Å². The Hall–Kier alpha value is -2.09. The Balaban J connectivity index is 2.10. The number of benzene rings is 2. The molecule has 0 spiro atoms. The first kappa shape index (κ1) is 13.3. The van der Waals surface area contributed by atoms with E-state index in [1.807, 2.05) is 44.2 Å². The van der Waals surface area contributed by atoms with Crippen molar-refractivity contribution in [1.82, 2.24) is 0 Å². The third-order valence-corrected chi connectivity index (χ3v) is 2.89. The van der Waals surface area contributed by atoms with Gasteiger partial charge in [0, 0.05) is 0 Å².